The molecule has 2 aromatic carbocycles. The molecular weight excluding hydrogens is 372 g/mol. The zero-order valence-corrected chi connectivity index (χ0v) is 18.3. The monoisotopic (exact) mass is 406 g/mol. The standard InChI is InChI=1S/C26H34N2O2/c1-19-14-20(2)16-22(15-19)26(30)28-13-8-23(27-11-9-25(29)10-12-27)18-24(28)17-21-6-4-3-5-7-21/h3-7,14-16,23-25,29H,8-13,17-18H2,1-2H3/t23-,24-/m0/s1. The van der Waals surface area contributed by atoms with Crippen molar-refractivity contribution < 1.29 is 9.90 Å². The summed E-state index contributed by atoms with van der Waals surface area (Å²) in [4.78, 5) is 18.2. The molecule has 160 valence electrons. The first-order valence-electron chi connectivity index (χ1n) is 11.3. The van der Waals surface area contributed by atoms with Gasteiger partial charge in [-0.25, -0.2) is 0 Å². The summed E-state index contributed by atoms with van der Waals surface area (Å²) in [5, 5.41) is 9.88. The number of rotatable bonds is 4. The molecule has 2 aliphatic heterocycles. The van der Waals surface area contributed by atoms with E-state index in [1.54, 1.807) is 0 Å². The summed E-state index contributed by atoms with van der Waals surface area (Å²) in [6.07, 6.45) is 4.49. The van der Waals surface area contributed by atoms with E-state index in [1.165, 1.54) is 5.56 Å². The molecule has 2 fully saturated rings. The number of carbonyl (C=O) groups is 1. The molecule has 1 amide bonds. The van der Waals surface area contributed by atoms with Gasteiger partial charge in [-0.3, -0.25) is 4.79 Å². The zero-order valence-electron chi connectivity index (χ0n) is 18.3. The average molecular weight is 407 g/mol. The normalized spacial score (nSPS) is 23.5. The van der Waals surface area contributed by atoms with Crippen LogP contribution in [-0.2, 0) is 6.42 Å². The number of aliphatic hydroxyl groups is 1. The van der Waals surface area contributed by atoms with E-state index in [-0.39, 0.29) is 18.1 Å². The number of benzene rings is 2. The first-order valence-corrected chi connectivity index (χ1v) is 11.3. The number of aliphatic hydroxyl groups excluding tert-OH is 1. The van der Waals surface area contributed by atoms with Crippen molar-refractivity contribution in [3.05, 3.63) is 70.8 Å². The van der Waals surface area contributed by atoms with E-state index in [2.05, 4.69) is 54.0 Å². The number of likely N-dealkylation sites (tertiary alicyclic amines) is 2. The molecule has 0 bridgehead atoms. The van der Waals surface area contributed by atoms with Crippen molar-refractivity contribution in [1.82, 2.24) is 9.80 Å². The highest BCUT2D eigenvalue weighted by Gasteiger charge is 2.35. The summed E-state index contributed by atoms with van der Waals surface area (Å²) in [6, 6.07) is 17.4. The fraction of sp³-hybridized carbons (Fsp3) is 0.500. The van der Waals surface area contributed by atoms with Crippen molar-refractivity contribution in [3.63, 3.8) is 0 Å². The van der Waals surface area contributed by atoms with Gasteiger partial charge >= 0.3 is 0 Å². The van der Waals surface area contributed by atoms with E-state index in [0.717, 1.165) is 68.4 Å². The number of hydrogen-bond acceptors (Lipinski definition) is 3. The van der Waals surface area contributed by atoms with Crippen LogP contribution in [0, 0.1) is 13.8 Å². The largest absolute Gasteiger partial charge is 0.393 e. The summed E-state index contributed by atoms with van der Waals surface area (Å²) < 4.78 is 0. The number of piperidine rings is 2. The van der Waals surface area contributed by atoms with Gasteiger partial charge in [-0.2, -0.15) is 0 Å². The zero-order chi connectivity index (χ0) is 21.1. The maximum atomic E-state index is 13.5. The predicted molar refractivity (Wildman–Crippen MR) is 121 cm³/mol. The van der Waals surface area contributed by atoms with Crippen LogP contribution in [-0.4, -0.2) is 58.6 Å². The molecule has 4 heteroatoms. The fourth-order valence-electron chi connectivity index (χ4n) is 5.22. The van der Waals surface area contributed by atoms with Crippen LogP contribution in [0.4, 0.5) is 0 Å². The van der Waals surface area contributed by atoms with Crippen LogP contribution in [0.2, 0.25) is 0 Å². The molecule has 0 radical (unpaired) electrons. The van der Waals surface area contributed by atoms with E-state index >= 15 is 0 Å². The Morgan fingerprint density at radius 2 is 1.63 bits per heavy atom. The average Bonchev–Trinajstić information content (AvgIpc) is 2.74. The molecule has 2 saturated heterocycles. The van der Waals surface area contributed by atoms with Crippen LogP contribution in [0.3, 0.4) is 0 Å². The highest BCUT2D eigenvalue weighted by atomic mass is 16.3. The molecule has 2 aliphatic rings. The second-order valence-electron chi connectivity index (χ2n) is 9.16. The van der Waals surface area contributed by atoms with Crippen molar-refractivity contribution in [3.8, 4) is 0 Å². The summed E-state index contributed by atoms with van der Waals surface area (Å²) in [7, 11) is 0. The maximum Gasteiger partial charge on any atom is 0.254 e. The second-order valence-corrected chi connectivity index (χ2v) is 9.16. The number of amides is 1. The molecule has 1 N–H and O–H groups in total. The van der Waals surface area contributed by atoms with Gasteiger partial charge in [0.1, 0.15) is 0 Å². The van der Waals surface area contributed by atoms with Gasteiger partial charge < -0.3 is 14.9 Å². The SMILES string of the molecule is Cc1cc(C)cc(C(=O)N2CC[C@H](N3CCC(O)CC3)C[C@@H]2Cc2ccccc2)c1. The molecule has 2 aromatic rings. The Bertz CT molecular complexity index is 838. The van der Waals surface area contributed by atoms with Gasteiger partial charge in [-0.15, -0.1) is 0 Å². The molecule has 4 nitrogen and oxygen atoms in total. The van der Waals surface area contributed by atoms with Crippen LogP contribution in [0.25, 0.3) is 0 Å². The van der Waals surface area contributed by atoms with Crippen molar-refractivity contribution in [2.45, 2.75) is 64.1 Å². The van der Waals surface area contributed by atoms with Crippen LogP contribution < -0.4 is 0 Å². The molecule has 2 heterocycles. The number of carbonyl (C=O) groups excluding carboxylic acids is 1. The summed E-state index contributed by atoms with van der Waals surface area (Å²) >= 11 is 0. The van der Waals surface area contributed by atoms with Gasteiger partial charge in [-0.1, -0.05) is 47.5 Å². The summed E-state index contributed by atoms with van der Waals surface area (Å²) in [5.74, 6) is 0.162. The number of aryl methyl sites for hydroxylation is 2. The van der Waals surface area contributed by atoms with E-state index in [1.807, 2.05) is 18.2 Å². The first kappa shape index (κ1) is 21.1. The van der Waals surface area contributed by atoms with E-state index in [4.69, 9.17) is 0 Å². The lowest BCUT2D eigenvalue weighted by Gasteiger charge is -2.45. The van der Waals surface area contributed by atoms with Crippen LogP contribution in [0.5, 0.6) is 0 Å². The Balaban J connectivity index is 1.54. The van der Waals surface area contributed by atoms with Crippen LogP contribution in [0.1, 0.15) is 52.7 Å². The first-order chi connectivity index (χ1) is 14.5. The van der Waals surface area contributed by atoms with E-state index < -0.39 is 0 Å². The predicted octanol–water partition coefficient (Wildman–Crippen LogP) is 3.98. The Labute approximate surface area is 180 Å². The maximum absolute atomic E-state index is 13.5. The molecule has 2 atom stereocenters. The Kier molecular flexibility index (Phi) is 6.55. The minimum atomic E-state index is -0.146. The van der Waals surface area contributed by atoms with Gasteiger partial charge in [0.05, 0.1) is 6.10 Å². The lowest BCUT2D eigenvalue weighted by atomic mass is 9.89. The fourth-order valence-corrected chi connectivity index (χ4v) is 5.22. The third-order valence-electron chi connectivity index (χ3n) is 6.75. The quantitative estimate of drug-likeness (QED) is 0.835. The molecule has 0 saturated carbocycles. The van der Waals surface area contributed by atoms with Crippen molar-refractivity contribution in [2.75, 3.05) is 19.6 Å². The van der Waals surface area contributed by atoms with E-state index in [9.17, 15) is 9.90 Å². The lowest BCUT2D eigenvalue weighted by molar-refractivity contribution is 0.0204. The molecule has 4 rings (SSSR count). The molecule has 0 aliphatic carbocycles. The molecule has 0 unspecified atom stereocenters. The van der Waals surface area contributed by atoms with Gasteiger partial charge in [0.2, 0.25) is 0 Å². The molecule has 0 spiro atoms. The summed E-state index contributed by atoms with van der Waals surface area (Å²) in [6.45, 7) is 6.85. The van der Waals surface area contributed by atoms with Crippen molar-refractivity contribution in [2.24, 2.45) is 0 Å². The third-order valence-corrected chi connectivity index (χ3v) is 6.75. The highest BCUT2D eigenvalue weighted by Crippen LogP contribution is 2.28. The minimum absolute atomic E-state index is 0.146. The Morgan fingerprint density at radius 1 is 0.967 bits per heavy atom. The van der Waals surface area contributed by atoms with Gasteiger partial charge in [-0.05, 0) is 63.6 Å². The van der Waals surface area contributed by atoms with Crippen molar-refractivity contribution in [1.29, 1.82) is 0 Å². The molecule has 0 aromatic heterocycles. The van der Waals surface area contributed by atoms with Gasteiger partial charge in [0, 0.05) is 37.3 Å². The third kappa shape index (κ3) is 4.93. The number of nitrogens with zero attached hydrogens (tertiary/aromatic N) is 2. The summed E-state index contributed by atoms with van der Waals surface area (Å²) in [5.41, 5.74) is 4.37. The Morgan fingerprint density at radius 3 is 2.30 bits per heavy atom. The lowest BCUT2D eigenvalue weighted by Crippen LogP contribution is -2.54. The highest BCUT2D eigenvalue weighted by molar-refractivity contribution is 5.95. The Hall–Kier alpha value is -2.17. The van der Waals surface area contributed by atoms with Gasteiger partial charge in [0.25, 0.3) is 5.91 Å². The minimum Gasteiger partial charge on any atom is -0.393 e. The topological polar surface area (TPSA) is 43.8 Å². The number of hydrogen-bond donors (Lipinski definition) is 1. The molecule has 30 heavy (non-hydrogen) atoms. The van der Waals surface area contributed by atoms with Crippen LogP contribution in [0.15, 0.2) is 48.5 Å². The smallest absolute Gasteiger partial charge is 0.254 e. The second kappa shape index (κ2) is 9.32. The van der Waals surface area contributed by atoms with Gasteiger partial charge in [0.15, 0.2) is 0 Å². The van der Waals surface area contributed by atoms with Crippen molar-refractivity contribution >= 4 is 5.91 Å². The molecular formula is C26H34N2O2. The van der Waals surface area contributed by atoms with E-state index in [0.29, 0.717) is 6.04 Å². The van der Waals surface area contributed by atoms with Crippen LogP contribution >= 0.6 is 0 Å².